The van der Waals surface area contributed by atoms with Gasteiger partial charge in [-0.3, -0.25) is 4.79 Å². The molecule has 2 aromatic rings. The largest absolute Gasteiger partial charge is 0.493 e. The SMILES string of the molecule is COc1ccc(CC[NH+](C)[C@H](C)C(=O)Nc2cccnc2Cl)cc1OC. The van der Waals surface area contributed by atoms with Gasteiger partial charge < -0.3 is 19.7 Å². The van der Waals surface area contributed by atoms with E-state index >= 15 is 0 Å². The third-order valence-corrected chi connectivity index (χ3v) is 4.71. The molecule has 0 bridgehead atoms. The van der Waals surface area contributed by atoms with Crippen molar-refractivity contribution < 1.29 is 19.2 Å². The minimum atomic E-state index is -0.230. The van der Waals surface area contributed by atoms with Gasteiger partial charge in [0, 0.05) is 12.6 Å². The molecular formula is C19H25ClN3O3+. The normalized spacial score (nSPS) is 13.0. The maximum Gasteiger partial charge on any atom is 0.282 e. The zero-order valence-corrected chi connectivity index (χ0v) is 16.3. The Morgan fingerprint density at radius 1 is 1.27 bits per heavy atom. The van der Waals surface area contributed by atoms with Crippen LogP contribution in [0.15, 0.2) is 36.5 Å². The van der Waals surface area contributed by atoms with Gasteiger partial charge in [0.25, 0.3) is 5.91 Å². The number of pyridine rings is 1. The first-order chi connectivity index (χ1) is 12.5. The van der Waals surface area contributed by atoms with Gasteiger partial charge in [-0.05, 0) is 36.8 Å². The minimum absolute atomic E-state index is 0.0929. The number of carbonyl (C=O) groups is 1. The van der Waals surface area contributed by atoms with Crippen molar-refractivity contribution in [1.29, 1.82) is 0 Å². The summed E-state index contributed by atoms with van der Waals surface area (Å²) in [6, 6.07) is 9.11. The van der Waals surface area contributed by atoms with Crippen LogP contribution in [0.2, 0.25) is 5.15 Å². The van der Waals surface area contributed by atoms with Crippen LogP contribution in [0.25, 0.3) is 0 Å². The van der Waals surface area contributed by atoms with E-state index in [1.165, 1.54) is 0 Å². The number of benzene rings is 1. The van der Waals surface area contributed by atoms with E-state index in [2.05, 4.69) is 10.3 Å². The number of methoxy groups -OCH3 is 2. The van der Waals surface area contributed by atoms with Gasteiger partial charge >= 0.3 is 0 Å². The van der Waals surface area contributed by atoms with Crippen molar-refractivity contribution in [3.63, 3.8) is 0 Å². The fraction of sp³-hybridized carbons (Fsp3) is 0.368. The highest BCUT2D eigenvalue weighted by molar-refractivity contribution is 6.32. The van der Waals surface area contributed by atoms with E-state index in [9.17, 15) is 4.79 Å². The van der Waals surface area contributed by atoms with Gasteiger partial charge in [-0.2, -0.15) is 0 Å². The molecule has 26 heavy (non-hydrogen) atoms. The van der Waals surface area contributed by atoms with Crippen molar-refractivity contribution in [1.82, 2.24) is 4.98 Å². The molecule has 0 spiro atoms. The van der Waals surface area contributed by atoms with Gasteiger partial charge in [0.2, 0.25) is 0 Å². The summed E-state index contributed by atoms with van der Waals surface area (Å²) < 4.78 is 10.6. The number of ether oxygens (including phenoxy) is 2. The van der Waals surface area contributed by atoms with Crippen LogP contribution in [0.3, 0.4) is 0 Å². The molecule has 7 heteroatoms. The topological polar surface area (TPSA) is 64.9 Å². The summed E-state index contributed by atoms with van der Waals surface area (Å²) in [7, 11) is 5.23. The lowest BCUT2D eigenvalue weighted by Crippen LogP contribution is -3.14. The van der Waals surface area contributed by atoms with Crippen molar-refractivity contribution >= 4 is 23.2 Å². The number of quaternary nitrogens is 1. The Morgan fingerprint density at radius 3 is 2.65 bits per heavy atom. The van der Waals surface area contributed by atoms with Crippen molar-refractivity contribution in [3.8, 4) is 11.5 Å². The number of rotatable bonds is 8. The van der Waals surface area contributed by atoms with Crippen molar-refractivity contribution in [2.24, 2.45) is 0 Å². The Morgan fingerprint density at radius 2 is 2.00 bits per heavy atom. The van der Waals surface area contributed by atoms with E-state index in [1.54, 1.807) is 32.5 Å². The predicted molar refractivity (Wildman–Crippen MR) is 102 cm³/mol. The number of anilines is 1. The number of hydrogen-bond acceptors (Lipinski definition) is 4. The number of nitrogens with one attached hydrogen (secondary N) is 2. The van der Waals surface area contributed by atoms with Gasteiger partial charge in [0.15, 0.2) is 22.7 Å². The van der Waals surface area contributed by atoms with Crippen LogP contribution in [0.5, 0.6) is 11.5 Å². The molecule has 6 nitrogen and oxygen atoms in total. The molecule has 1 heterocycles. The summed E-state index contributed by atoms with van der Waals surface area (Å²) in [5.41, 5.74) is 1.66. The molecule has 0 saturated heterocycles. The Bertz CT molecular complexity index is 755. The highest BCUT2D eigenvalue weighted by Crippen LogP contribution is 2.27. The van der Waals surface area contributed by atoms with Gasteiger partial charge in [0.1, 0.15) is 0 Å². The molecule has 0 aliphatic heterocycles. The number of amides is 1. The summed E-state index contributed by atoms with van der Waals surface area (Å²) >= 11 is 5.99. The molecule has 1 amide bonds. The molecule has 1 unspecified atom stereocenters. The molecule has 0 aliphatic rings. The van der Waals surface area contributed by atoms with E-state index in [0.717, 1.165) is 23.4 Å². The van der Waals surface area contributed by atoms with Gasteiger partial charge in [-0.1, -0.05) is 17.7 Å². The van der Waals surface area contributed by atoms with Crippen LogP contribution in [0.4, 0.5) is 5.69 Å². The monoisotopic (exact) mass is 378 g/mol. The first kappa shape index (κ1) is 20.0. The smallest absolute Gasteiger partial charge is 0.282 e. The van der Waals surface area contributed by atoms with E-state index < -0.39 is 0 Å². The fourth-order valence-corrected chi connectivity index (χ4v) is 2.70. The number of hydrogen-bond donors (Lipinski definition) is 2. The number of nitrogens with zero attached hydrogens (tertiary/aromatic N) is 1. The third-order valence-electron chi connectivity index (χ3n) is 4.41. The lowest BCUT2D eigenvalue weighted by atomic mass is 10.1. The fourth-order valence-electron chi connectivity index (χ4n) is 2.54. The number of likely N-dealkylation sites (N-methyl/N-ethyl adjacent to an activating group) is 1. The first-order valence-corrected chi connectivity index (χ1v) is 8.78. The molecular weight excluding hydrogens is 354 g/mol. The molecule has 0 aliphatic carbocycles. The Hall–Kier alpha value is -2.31. The molecule has 0 radical (unpaired) electrons. The number of aromatic nitrogens is 1. The Labute approximate surface area is 159 Å². The zero-order chi connectivity index (χ0) is 19.1. The van der Waals surface area contributed by atoms with Gasteiger partial charge in [0.05, 0.1) is 33.5 Å². The van der Waals surface area contributed by atoms with Crippen LogP contribution in [-0.4, -0.2) is 44.7 Å². The quantitative estimate of drug-likeness (QED) is 0.688. The lowest BCUT2D eigenvalue weighted by molar-refractivity contribution is -0.893. The highest BCUT2D eigenvalue weighted by atomic mass is 35.5. The van der Waals surface area contributed by atoms with Crippen molar-refractivity contribution in [2.75, 3.05) is 33.1 Å². The molecule has 140 valence electrons. The summed E-state index contributed by atoms with van der Waals surface area (Å²) in [5.74, 6) is 1.32. The molecule has 2 rings (SSSR count). The molecule has 1 aromatic carbocycles. The molecule has 0 saturated carbocycles. The summed E-state index contributed by atoms with van der Waals surface area (Å²) in [6.45, 7) is 2.69. The van der Waals surface area contributed by atoms with Crippen LogP contribution in [-0.2, 0) is 11.2 Å². The standard InChI is InChI=1S/C19H24ClN3O3/c1-13(19(24)22-15-6-5-10-21-18(15)20)23(2)11-9-14-7-8-16(25-3)17(12-14)26-4/h5-8,10,12-13H,9,11H2,1-4H3,(H,22,24)/p+1/t13-/m1/s1. The Kier molecular flexibility index (Phi) is 7.24. The van der Waals surface area contributed by atoms with Crippen LogP contribution >= 0.6 is 11.6 Å². The van der Waals surface area contributed by atoms with Crippen molar-refractivity contribution in [2.45, 2.75) is 19.4 Å². The zero-order valence-electron chi connectivity index (χ0n) is 15.5. The first-order valence-electron chi connectivity index (χ1n) is 8.40. The molecule has 1 aromatic heterocycles. The van der Waals surface area contributed by atoms with Crippen molar-refractivity contribution in [3.05, 3.63) is 47.2 Å². The van der Waals surface area contributed by atoms with E-state index in [0.29, 0.717) is 17.2 Å². The van der Waals surface area contributed by atoms with Crippen LogP contribution in [0.1, 0.15) is 12.5 Å². The third kappa shape index (κ3) is 5.09. The predicted octanol–water partition coefficient (Wildman–Crippen LogP) is 1.84. The number of halogens is 1. The van der Waals surface area contributed by atoms with Crippen LogP contribution < -0.4 is 19.7 Å². The Balaban J connectivity index is 1.93. The second-order valence-electron chi connectivity index (χ2n) is 6.09. The lowest BCUT2D eigenvalue weighted by Gasteiger charge is -2.21. The maximum atomic E-state index is 12.4. The van der Waals surface area contributed by atoms with Gasteiger partial charge in [-0.25, -0.2) is 4.98 Å². The average molecular weight is 379 g/mol. The van der Waals surface area contributed by atoms with Gasteiger partial charge in [-0.15, -0.1) is 0 Å². The van der Waals surface area contributed by atoms with Crippen LogP contribution in [0, 0.1) is 0 Å². The maximum absolute atomic E-state index is 12.4. The number of carbonyl (C=O) groups excluding carboxylic acids is 1. The minimum Gasteiger partial charge on any atom is -0.493 e. The summed E-state index contributed by atoms with van der Waals surface area (Å²) in [5, 5.41) is 3.12. The highest BCUT2D eigenvalue weighted by Gasteiger charge is 2.22. The van der Waals surface area contributed by atoms with E-state index in [-0.39, 0.29) is 17.1 Å². The second kappa shape index (κ2) is 9.40. The molecule has 0 fully saturated rings. The second-order valence-corrected chi connectivity index (χ2v) is 6.45. The summed E-state index contributed by atoms with van der Waals surface area (Å²) in [6.07, 6.45) is 2.40. The molecule has 2 N–H and O–H groups in total. The van der Waals surface area contributed by atoms with E-state index in [1.807, 2.05) is 32.2 Å². The average Bonchev–Trinajstić information content (AvgIpc) is 2.66. The molecule has 2 atom stereocenters. The van der Waals surface area contributed by atoms with E-state index in [4.69, 9.17) is 21.1 Å². The summed E-state index contributed by atoms with van der Waals surface area (Å²) in [4.78, 5) is 17.5.